The second-order valence-electron chi connectivity index (χ2n) is 4.21. The molecule has 1 aromatic carbocycles. The zero-order chi connectivity index (χ0) is 12.8. The Morgan fingerprint density at radius 1 is 1.29 bits per heavy atom. The topological polar surface area (TPSA) is 78.6 Å². The Balaban J connectivity index is 2.36. The van der Waals surface area contributed by atoms with E-state index in [0.717, 1.165) is 18.5 Å². The van der Waals surface area contributed by atoms with Crippen molar-refractivity contribution in [3.63, 3.8) is 0 Å². The highest BCUT2D eigenvalue weighted by molar-refractivity contribution is 5.40. The summed E-state index contributed by atoms with van der Waals surface area (Å²) in [5.41, 5.74) is 4.00. The molecule has 0 spiro atoms. The zero-order valence-corrected chi connectivity index (χ0v) is 10.2. The Morgan fingerprint density at radius 2 is 2.00 bits per heavy atom. The summed E-state index contributed by atoms with van der Waals surface area (Å²) in [5.74, 6) is -0.198. The number of hydrogen-bond donors (Lipinski definition) is 4. The summed E-state index contributed by atoms with van der Waals surface area (Å²) >= 11 is 0. The molecule has 1 aromatic rings. The highest BCUT2D eigenvalue weighted by Crippen LogP contribution is 2.24. The van der Waals surface area contributed by atoms with Crippen LogP contribution in [-0.4, -0.2) is 41.6 Å². The predicted octanol–water partition coefficient (Wildman–Crippen LogP) is 0.296. The number of aliphatic hydroxyl groups excluding tert-OH is 1. The Kier molecular flexibility index (Phi) is 5.21. The molecule has 0 aliphatic rings. The third-order valence-electron chi connectivity index (χ3n) is 2.43. The number of nitrogens with zero attached hydrogens (tertiary/aromatic N) is 1. The lowest BCUT2D eigenvalue weighted by Gasteiger charge is -2.09. The van der Waals surface area contributed by atoms with E-state index in [9.17, 15) is 5.11 Å². The molecule has 17 heavy (non-hydrogen) atoms. The summed E-state index contributed by atoms with van der Waals surface area (Å²) in [6, 6.07) is 4.81. The van der Waals surface area contributed by atoms with E-state index < -0.39 is 0 Å². The van der Waals surface area contributed by atoms with E-state index >= 15 is 0 Å². The molecule has 0 unspecified atom stereocenters. The molecular weight excluding hydrogens is 220 g/mol. The molecule has 0 fully saturated rings. The molecule has 0 aliphatic carbocycles. The van der Waals surface area contributed by atoms with Gasteiger partial charge in [0.2, 0.25) is 0 Å². The first-order valence-electron chi connectivity index (χ1n) is 5.62. The van der Waals surface area contributed by atoms with Gasteiger partial charge >= 0.3 is 0 Å². The van der Waals surface area contributed by atoms with Gasteiger partial charge in [-0.15, -0.1) is 5.43 Å². The number of rotatable bonds is 6. The number of aliphatic hydroxyl groups is 1. The van der Waals surface area contributed by atoms with Gasteiger partial charge in [0.05, 0.1) is 12.6 Å². The number of aromatic hydroxyl groups is 2. The second-order valence-corrected chi connectivity index (χ2v) is 4.21. The number of hydrazine groups is 1. The van der Waals surface area contributed by atoms with Gasteiger partial charge in [0, 0.05) is 6.42 Å². The summed E-state index contributed by atoms with van der Waals surface area (Å²) in [5, 5.41) is 29.5. The molecule has 0 aromatic heterocycles. The van der Waals surface area contributed by atoms with Crippen molar-refractivity contribution in [1.29, 1.82) is 0 Å². The van der Waals surface area contributed by atoms with Gasteiger partial charge < -0.3 is 15.3 Å². The van der Waals surface area contributed by atoms with Gasteiger partial charge in [-0.3, -0.25) is 0 Å². The van der Waals surface area contributed by atoms with Crippen LogP contribution < -0.4 is 10.4 Å². The molecule has 0 saturated carbocycles. The fourth-order valence-electron chi connectivity index (χ4n) is 1.39. The fourth-order valence-corrected chi connectivity index (χ4v) is 1.39. The Morgan fingerprint density at radius 3 is 2.59 bits per heavy atom. The molecule has 1 atom stereocenters. The Hall–Kier alpha value is -1.30. The van der Waals surface area contributed by atoms with Crippen LogP contribution in [0.25, 0.3) is 0 Å². The number of nitrogens with one attached hydrogen (secondary N) is 1. The molecule has 0 amide bonds. The molecule has 1 rings (SSSR count). The number of phenols is 2. The molecule has 0 heterocycles. The van der Waals surface area contributed by atoms with Crippen LogP contribution in [0, 0.1) is 0 Å². The van der Waals surface area contributed by atoms with E-state index in [4.69, 9.17) is 10.2 Å². The van der Waals surface area contributed by atoms with Crippen molar-refractivity contribution < 1.29 is 15.3 Å². The smallest absolute Gasteiger partial charge is 0.157 e. The van der Waals surface area contributed by atoms with Crippen LogP contribution >= 0.6 is 0 Å². The van der Waals surface area contributed by atoms with E-state index in [1.165, 1.54) is 6.07 Å². The van der Waals surface area contributed by atoms with Gasteiger partial charge in [-0.05, 0) is 24.6 Å². The number of phenolic OH excluding ortho intramolecular Hbond substituents is 2. The monoisotopic (exact) mass is 240 g/mol. The quantitative estimate of drug-likeness (QED) is 0.327. The highest BCUT2D eigenvalue weighted by atomic mass is 16.3. The molecule has 95 valence electrons. The Bertz CT molecular complexity index is 356. The molecular formula is C12H20N2O3+. The van der Waals surface area contributed by atoms with Crippen molar-refractivity contribution in [2.45, 2.75) is 19.4 Å². The standard InChI is InChI=1S/C12H20N2O3/c1-9(15)8-13-14(2)6-5-10-3-4-11(16)12(17)7-10/h3-4,7,9,13,15-17H,5-6,8H2,1-2H3/q+1/t9-/m1/s1. The van der Waals surface area contributed by atoms with Crippen molar-refractivity contribution in [2.24, 2.45) is 0 Å². The summed E-state index contributed by atoms with van der Waals surface area (Å²) in [4.78, 5) is 0. The number of benzene rings is 1. The van der Waals surface area contributed by atoms with Crippen molar-refractivity contribution in [3.8, 4) is 11.5 Å². The van der Waals surface area contributed by atoms with Crippen LogP contribution in [0.3, 0.4) is 0 Å². The van der Waals surface area contributed by atoms with Gasteiger partial charge in [-0.2, -0.15) is 0 Å². The van der Waals surface area contributed by atoms with Gasteiger partial charge in [0.15, 0.2) is 11.5 Å². The van der Waals surface area contributed by atoms with Crippen LogP contribution in [0.5, 0.6) is 11.5 Å². The minimum atomic E-state index is -0.379. The third-order valence-corrected chi connectivity index (χ3v) is 2.43. The average Bonchev–Trinajstić information content (AvgIpc) is 2.28. The maximum Gasteiger partial charge on any atom is 0.157 e. The van der Waals surface area contributed by atoms with E-state index in [1.807, 2.05) is 12.1 Å². The van der Waals surface area contributed by atoms with Crippen molar-refractivity contribution >= 4 is 0 Å². The van der Waals surface area contributed by atoms with Crippen molar-refractivity contribution in [2.75, 3.05) is 20.1 Å². The number of hydrogen-bond acceptors (Lipinski definition) is 5. The molecule has 0 bridgehead atoms. The summed E-state index contributed by atoms with van der Waals surface area (Å²) in [6.07, 6.45) is 0.368. The number of likely N-dealkylation sites (N-methyl/N-ethyl adjacent to an activating group) is 1. The van der Waals surface area contributed by atoms with Crippen LogP contribution in [0.1, 0.15) is 12.5 Å². The van der Waals surface area contributed by atoms with Crippen molar-refractivity contribution in [3.05, 3.63) is 23.8 Å². The zero-order valence-electron chi connectivity index (χ0n) is 10.2. The largest absolute Gasteiger partial charge is 0.504 e. The van der Waals surface area contributed by atoms with E-state index in [-0.39, 0.29) is 17.6 Å². The van der Waals surface area contributed by atoms with Crippen LogP contribution in [0.2, 0.25) is 0 Å². The normalized spacial score (nSPS) is 12.9. The van der Waals surface area contributed by atoms with Crippen LogP contribution in [0.15, 0.2) is 18.2 Å². The van der Waals surface area contributed by atoms with E-state index in [1.54, 1.807) is 19.1 Å². The molecule has 4 N–H and O–H groups in total. The van der Waals surface area contributed by atoms with Gasteiger partial charge in [-0.25, -0.2) is 0 Å². The first kappa shape index (κ1) is 13.8. The Labute approximate surface area is 101 Å². The first-order chi connectivity index (χ1) is 7.99. The first-order valence-corrected chi connectivity index (χ1v) is 5.62. The molecule has 0 saturated heterocycles. The minimum Gasteiger partial charge on any atom is -0.504 e. The van der Waals surface area contributed by atoms with Gasteiger partial charge in [0.1, 0.15) is 13.6 Å². The molecule has 1 radical (unpaired) electrons. The third kappa shape index (κ3) is 5.04. The lowest BCUT2D eigenvalue weighted by Crippen LogP contribution is -2.44. The van der Waals surface area contributed by atoms with Crippen LogP contribution in [-0.2, 0) is 6.42 Å². The highest BCUT2D eigenvalue weighted by Gasteiger charge is 2.10. The van der Waals surface area contributed by atoms with Gasteiger partial charge in [-0.1, -0.05) is 11.1 Å². The van der Waals surface area contributed by atoms with Crippen LogP contribution in [0.4, 0.5) is 0 Å². The molecule has 0 aliphatic heterocycles. The average molecular weight is 240 g/mol. The SMILES string of the molecule is C[C@@H](O)CN[N+](C)CCc1ccc(O)c(O)c1. The predicted molar refractivity (Wildman–Crippen MR) is 66.1 cm³/mol. The maximum absolute atomic E-state index is 9.33. The lowest BCUT2D eigenvalue weighted by atomic mass is 10.1. The van der Waals surface area contributed by atoms with E-state index in [0.29, 0.717) is 6.54 Å². The second kappa shape index (κ2) is 6.44. The minimum absolute atomic E-state index is 0.0953. The lowest BCUT2D eigenvalue weighted by molar-refractivity contribution is 0.171. The van der Waals surface area contributed by atoms with E-state index in [2.05, 4.69) is 5.43 Å². The fraction of sp³-hybridized carbons (Fsp3) is 0.500. The summed E-state index contributed by atoms with van der Waals surface area (Å²) in [7, 11) is 1.89. The maximum atomic E-state index is 9.33. The molecule has 5 nitrogen and oxygen atoms in total. The summed E-state index contributed by atoms with van der Waals surface area (Å²) < 4.78 is 0. The molecule has 5 heteroatoms. The van der Waals surface area contributed by atoms with Gasteiger partial charge in [0.25, 0.3) is 0 Å². The summed E-state index contributed by atoms with van der Waals surface area (Å²) in [6.45, 7) is 2.98. The van der Waals surface area contributed by atoms with Crippen molar-refractivity contribution in [1.82, 2.24) is 10.4 Å².